The zero-order valence-electron chi connectivity index (χ0n) is 12.1. The van der Waals surface area contributed by atoms with Gasteiger partial charge in [-0.25, -0.2) is 0 Å². The van der Waals surface area contributed by atoms with Gasteiger partial charge < -0.3 is 10.1 Å². The molecule has 1 aromatic carbocycles. The van der Waals surface area contributed by atoms with Crippen LogP contribution in [0.5, 0.6) is 5.75 Å². The molecule has 1 heterocycles. The minimum absolute atomic E-state index is 0.0296. The number of nitrogens with zero attached hydrogens (tertiary/aromatic N) is 2. The molecule has 0 spiro atoms. The van der Waals surface area contributed by atoms with E-state index in [9.17, 15) is 8.78 Å². The first-order valence-electron chi connectivity index (χ1n) is 6.88. The highest BCUT2D eigenvalue weighted by molar-refractivity contribution is 5.33. The van der Waals surface area contributed by atoms with E-state index in [1.54, 1.807) is 35.1 Å². The minimum Gasteiger partial charge on any atom is -0.435 e. The Morgan fingerprint density at radius 1 is 1.24 bits per heavy atom. The molecule has 0 saturated heterocycles. The summed E-state index contributed by atoms with van der Waals surface area (Å²) in [4.78, 5) is 0. The Morgan fingerprint density at radius 3 is 2.48 bits per heavy atom. The van der Waals surface area contributed by atoms with E-state index in [0.29, 0.717) is 0 Å². The topological polar surface area (TPSA) is 39.1 Å². The van der Waals surface area contributed by atoms with Crippen LogP contribution in [0.4, 0.5) is 8.78 Å². The van der Waals surface area contributed by atoms with Crippen molar-refractivity contribution in [2.24, 2.45) is 7.05 Å². The van der Waals surface area contributed by atoms with E-state index in [-0.39, 0.29) is 11.8 Å². The molecular formula is C15H19F2N3O. The van der Waals surface area contributed by atoms with Crippen LogP contribution in [0, 0.1) is 0 Å². The summed E-state index contributed by atoms with van der Waals surface area (Å²) < 4.78 is 30.5. The molecule has 6 heteroatoms. The van der Waals surface area contributed by atoms with E-state index < -0.39 is 6.61 Å². The first kappa shape index (κ1) is 15.4. The minimum atomic E-state index is -2.80. The molecule has 1 unspecified atom stereocenters. The lowest BCUT2D eigenvalue weighted by atomic mass is 10.0. The van der Waals surface area contributed by atoms with Crippen molar-refractivity contribution in [1.82, 2.24) is 15.1 Å². The smallest absolute Gasteiger partial charge is 0.387 e. The highest BCUT2D eigenvalue weighted by Gasteiger charge is 2.16. The van der Waals surface area contributed by atoms with Gasteiger partial charge in [0.05, 0.1) is 11.7 Å². The number of nitrogens with one attached hydrogen (secondary N) is 1. The Hall–Kier alpha value is -1.95. The summed E-state index contributed by atoms with van der Waals surface area (Å²) in [6, 6.07) is 8.60. The summed E-state index contributed by atoms with van der Waals surface area (Å²) in [5.74, 6) is 0.160. The number of hydrogen-bond acceptors (Lipinski definition) is 3. The normalized spacial score (nSPS) is 12.6. The molecule has 21 heavy (non-hydrogen) atoms. The highest BCUT2D eigenvalue weighted by Crippen LogP contribution is 2.24. The molecule has 114 valence electrons. The maximum absolute atomic E-state index is 12.2. The third-order valence-electron chi connectivity index (χ3n) is 3.19. The fraction of sp³-hybridized carbons (Fsp3) is 0.400. The van der Waals surface area contributed by atoms with Crippen molar-refractivity contribution in [3.63, 3.8) is 0 Å². The van der Waals surface area contributed by atoms with Gasteiger partial charge in [0.25, 0.3) is 0 Å². The van der Waals surface area contributed by atoms with Gasteiger partial charge in [0.1, 0.15) is 5.75 Å². The summed E-state index contributed by atoms with van der Waals surface area (Å²) in [5.41, 5.74) is 2.00. The van der Waals surface area contributed by atoms with Crippen LogP contribution in [0.3, 0.4) is 0 Å². The van der Waals surface area contributed by atoms with Crippen molar-refractivity contribution in [2.75, 3.05) is 6.54 Å². The number of hydrogen-bond donors (Lipinski definition) is 1. The van der Waals surface area contributed by atoms with Crippen LogP contribution in [0.15, 0.2) is 36.5 Å². The molecule has 0 aliphatic carbocycles. The van der Waals surface area contributed by atoms with Gasteiger partial charge >= 0.3 is 6.61 Å². The summed E-state index contributed by atoms with van der Waals surface area (Å²) >= 11 is 0. The standard InChI is InChI=1S/C15H19F2N3O/c1-3-9-18-14(13-8-10-19-20(13)2)11-4-6-12(7-5-11)21-15(16)17/h4-8,10,14-15,18H,3,9H2,1-2H3. The van der Waals surface area contributed by atoms with Crippen molar-refractivity contribution in [3.05, 3.63) is 47.8 Å². The third kappa shape index (κ3) is 4.01. The number of ether oxygens (including phenoxy) is 1. The van der Waals surface area contributed by atoms with E-state index in [0.717, 1.165) is 24.2 Å². The number of alkyl halides is 2. The third-order valence-corrected chi connectivity index (χ3v) is 3.19. The lowest BCUT2D eigenvalue weighted by molar-refractivity contribution is -0.0498. The fourth-order valence-corrected chi connectivity index (χ4v) is 2.19. The lowest BCUT2D eigenvalue weighted by Gasteiger charge is -2.19. The van der Waals surface area contributed by atoms with Gasteiger partial charge in [-0.05, 0) is 36.7 Å². The highest BCUT2D eigenvalue weighted by atomic mass is 19.3. The molecule has 1 atom stereocenters. The molecule has 0 amide bonds. The first-order valence-corrected chi connectivity index (χ1v) is 6.88. The monoisotopic (exact) mass is 295 g/mol. The fourth-order valence-electron chi connectivity index (χ4n) is 2.19. The average molecular weight is 295 g/mol. The van der Waals surface area contributed by atoms with Crippen LogP contribution < -0.4 is 10.1 Å². The van der Waals surface area contributed by atoms with Crippen molar-refractivity contribution in [1.29, 1.82) is 0 Å². The quantitative estimate of drug-likeness (QED) is 0.853. The Balaban J connectivity index is 2.22. The summed E-state index contributed by atoms with van der Waals surface area (Å²) in [7, 11) is 1.88. The van der Waals surface area contributed by atoms with Crippen LogP contribution in [0.2, 0.25) is 0 Å². The van der Waals surface area contributed by atoms with Gasteiger partial charge in [0.2, 0.25) is 0 Å². The van der Waals surface area contributed by atoms with Crippen LogP contribution in [0.25, 0.3) is 0 Å². The number of aryl methyl sites for hydroxylation is 1. The Kier molecular flexibility index (Phi) is 5.27. The van der Waals surface area contributed by atoms with E-state index in [2.05, 4.69) is 22.1 Å². The second kappa shape index (κ2) is 7.17. The molecule has 0 bridgehead atoms. The molecular weight excluding hydrogens is 276 g/mol. The predicted octanol–water partition coefficient (Wildman–Crippen LogP) is 3.11. The summed E-state index contributed by atoms with van der Waals surface area (Å²) in [5, 5.41) is 7.62. The summed E-state index contributed by atoms with van der Waals surface area (Å²) in [6.45, 7) is 0.139. The molecule has 4 nitrogen and oxygen atoms in total. The molecule has 0 aliphatic rings. The first-order chi connectivity index (χ1) is 10.1. The van der Waals surface area contributed by atoms with Gasteiger partial charge in [0.15, 0.2) is 0 Å². The maximum atomic E-state index is 12.2. The summed E-state index contributed by atoms with van der Waals surface area (Å²) in [6.07, 6.45) is 2.74. The molecule has 2 rings (SSSR count). The van der Waals surface area contributed by atoms with Crippen molar-refractivity contribution in [3.8, 4) is 5.75 Å². The van der Waals surface area contributed by atoms with Crippen LogP contribution in [0.1, 0.15) is 30.6 Å². The Labute approximate surface area is 122 Å². The maximum Gasteiger partial charge on any atom is 0.387 e. The van der Waals surface area contributed by atoms with Gasteiger partial charge in [0, 0.05) is 13.2 Å². The molecule has 1 aromatic heterocycles. The van der Waals surface area contributed by atoms with Crippen LogP contribution in [-0.4, -0.2) is 22.9 Å². The second-order valence-corrected chi connectivity index (χ2v) is 4.71. The number of aromatic nitrogens is 2. The van der Waals surface area contributed by atoms with Gasteiger partial charge in [-0.15, -0.1) is 0 Å². The van der Waals surface area contributed by atoms with Crippen molar-refractivity contribution >= 4 is 0 Å². The second-order valence-electron chi connectivity index (χ2n) is 4.71. The molecule has 0 fully saturated rings. The van der Waals surface area contributed by atoms with Gasteiger partial charge in [-0.2, -0.15) is 13.9 Å². The van der Waals surface area contributed by atoms with Crippen LogP contribution in [-0.2, 0) is 7.05 Å². The van der Waals surface area contributed by atoms with E-state index in [1.807, 2.05) is 13.1 Å². The van der Waals surface area contributed by atoms with E-state index in [1.165, 1.54) is 0 Å². The molecule has 2 aromatic rings. The predicted molar refractivity (Wildman–Crippen MR) is 76.4 cm³/mol. The largest absolute Gasteiger partial charge is 0.435 e. The number of rotatable bonds is 7. The Morgan fingerprint density at radius 2 is 1.95 bits per heavy atom. The lowest BCUT2D eigenvalue weighted by Crippen LogP contribution is -2.25. The zero-order chi connectivity index (χ0) is 15.2. The number of benzene rings is 1. The molecule has 0 saturated carbocycles. The SMILES string of the molecule is CCCNC(c1ccc(OC(F)F)cc1)c1ccnn1C. The van der Waals surface area contributed by atoms with E-state index >= 15 is 0 Å². The molecule has 1 N–H and O–H groups in total. The van der Waals surface area contributed by atoms with Crippen molar-refractivity contribution < 1.29 is 13.5 Å². The Bertz CT molecular complexity index is 554. The average Bonchev–Trinajstić information content (AvgIpc) is 2.87. The van der Waals surface area contributed by atoms with Gasteiger partial charge in [-0.3, -0.25) is 4.68 Å². The van der Waals surface area contributed by atoms with E-state index in [4.69, 9.17) is 0 Å². The van der Waals surface area contributed by atoms with Gasteiger partial charge in [-0.1, -0.05) is 19.1 Å². The number of halogens is 2. The van der Waals surface area contributed by atoms with Crippen molar-refractivity contribution in [2.45, 2.75) is 26.0 Å². The molecule has 0 aliphatic heterocycles. The van der Waals surface area contributed by atoms with Crippen LogP contribution >= 0.6 is 0 Å². The molecule has 0 radical (unpaired) electrons. The zero-order valence-corrected chi connectivity index (χ0v) is 12.1.